The Hall–Kier alpha value is -3.10. The maximum atomic E-state index is 13.1. The van der Waals surface area contributed by atoms with E-state index in [-0.39, 0.29) is 18.0 Å². The highest BCUT2D eigenvalue weighted by Gasteiger charge is 2.19. The standard InChI is InChI=1S/C20H16ClN5O2S/c1-2-15-24-18-17(14-9-5-6-10-22-14)25-29-19(18)20(28)26(15)11-16(27)23-13-8-4-3-7-12(13)21/h3-10H,2,11H2,1H3,(H,23,27). The van der Waals surface area contributed by atoms with Gasteiger partial charge in [0.15, 0.2) is 0 Å². The topological polar surface area (TPSA) is 89.8 Å². The van der Waals surface area contributed by atoms with Crippen molar-refractivity contribution >= 4 is 44.9 Å². The third kappa shape index (κ3) is 3.76. The molecule has 0 fully saturated rings. The molecule has 4 rings (SSSR count). The zero-order valence-electron chi connectivity index (χ0n) is 15.4. The molecule has 0 spiro atoms. The van der Waals surface area contributed by atoms with E-state index in [1.807, 2.05) is 25.1 Å². The second-order valence-corrected chi connectivity index (χ2v) is 7.41. The molecule has 1 aromatic carbocycles. The van der Waals surface area contributed by atoms with E-state index in [9.17, 15) is 9.59 Å². The summed E-state index contributed by atoms with van der Waals surface area (Å²) in [5, 5.41) is 3.17. The lowest BCUT2D eigenvalue weighted by atomic mass is 10.2. The Morgan fingerprint density at radius 3 is 2.72 bits per heavy atom. The Morgan fingerprint density at radius 1 is 1.21 bits per heavy atom. The van der Waals surface area contributed by atoms with E-state index in [1.165, 1.54) is 4.57 Å². The van der Waals surface area contributed by atoms with Crippen LogP contribution in [0.25, 0.3) is 21.6 Å². The van der Waals surface area contributed by atoms with Crippen LogP contribution in [0.3, 0.4) is 0 Å². The van der Waals surface area contributed by atoms with Gasteiger partial charge in [0.25, 0.3) is 5.56 Å². The SMILES string of the molecule is CCc1nc2c(-c3ccccn3)nsc2c(=O)n1CC(=O)Nc1ccccc1Cl. The van der Waals surface area contributed by atoms with E-state index in [4.69, 9.17) is 11.6 Å². The number of hydrogen-bond acceptors (Lipinski definition) is 6. The summed E-state index contributed by atoms with van der Waals surface area (Å²) in [5.41, 5.74) is 1.95. The zero-order chi connectivity index (χ0) is 20.4. The molecule has 9 heteroatoms. The summed E-state index contributed by atoms with van der Waals surface area (Å²) >= 11 is 7.16. The number of nitrogens with one attached hydrogen (secondary N) is 1. The molecule has 3 aromatic heterocycles. The van der Waals surface area contributed by atoms with Crippen LogP contribution in [0.1, 0.15) is 12.7 Å². The van der Waals surface area contributed by atoms with Gasteiger partial charge in [0.2, 0.25) is 5.91 Å². The normalized spacial score (nSPS) is 11.0. The van der Waals surface area contributed by atoms with Crippen LogP contribution in [0.2, 0.25) is 5.02 Å². The lowest BCUT2D eigenvalue weighted by molar-refractivity contribution is -0.116. The quantitative estimate of drug-likeness (QED) is 0.525. The second kappa shape index (κ2) is 8.10. The number of halogens is 1. The Labute approximate surface area is 175 Å². The van der Waals surface area contributed by atoms with Crippen molar-refractivity contribution in [3.05, 3.63) is 69.9 Å². The maximum Gasteiger partial charge on any atom is 0.273 e. The number of aromatic nitrogens is 4. The first-order valence-electron chi connectivity index (χ1n) is 8.93. The van der Waals surface area contributed by atoms with Gasteiger partial charge < -0.3 is 5.32 Å². The van der Waals surface area contributed by atoms with Crippen molar-refractivity contribution in [2.75, 3.05) is 5.32 Å². The van der Waals surface area contributed by atoms with E-state index in [1.54, 1.807) is 30.5 Å². The van der Waals surface area contributed by atoms with Crippen molar-refractivity contribution in [1.29, 1.82) is 0 Å². The molecule has 0 saturated heterocycles. The molecule has 1 N–H and O–H groups in total. The number of fused-ring (bicyclic) bond motifs is 1. The van der Waals surface area contributed by atoms with E-state index >= 15 is 0 Å². The molecular weight excluding hydrogens is 410 g/mol. The molecule has 0 unspecified atom stereocenters. The summed E-state index contributed by atoms with van der Waals surface area (Å²) in [7, 11) is 0. The van der Waals surface area contributed by atoms with Crippen LogP contribution in [0, 0.1) is 0 Å². The number of hydrogen-bond donors (Lipinski definition) is 1. The highest BCUT2D eigenvalue weighted by Crippen LogP contribution is 2.26. The molecule has 7 nitrogen and oxygen atoms in total. The number of benzene rings is 1. The number of carbonyl (C=O) groups excluding carboxylic acids is 1. The van der Waals surface area contributed by atoms with E-state index in [2.05, 4.69) is 19.7 Å². The molecule has 0 aliphatic rings. The van der Waals surface area contributed by atoms with E-state index < -0.39 is 0 Å². The molecule has 0 bridgehead atoms. The molecule has 3 heterocycles. The van der Waals surface area contributed by atoms with Gasteiger partial charge in [-0.1, -0.05) is 36.7 Å². The van der Waals surface area contributed by atoms with Gasteiger partial charge in [0.1, 0.15) is 28.3 Å². The minimum absolute atomic E-state index is 0.160. The molecule has 0 aliphatic carbocycles. The van der Waals surface area contributed by atoms with Gasteiger partial charge >= 0.3 is 0 Å². The molecule has 1 amide bonds. The van der Waals surface area contributed by atoms with Crippen LogP contribution in [0.15, 0.2) is 53.5 Å². The lowest BCUT2D eigenvalue weighted by Crippen LogP contribution is -2.30. The minimum Gasteiger partial charge on any atom is -0.323 e. The number of para-hydroxylation sites is 1. The van der Waals surface area contributed by atoms with Gasteiger partial charge in [-0.3, -0.25) is 19.1 Å². The summed E-state index contributed by atoms with van der Waals surface area (Å²) in [5.74, 6) is 0.153. The highest BCUT2D eigenvalue weighted by atomic mass is 35.5. The average molecular weight is 426 g/mol. The van der Waals surface area contributed by atoms with E-state index in [0.29, 0.717) is 44.6 Å². The Balaban J connectivity index is 1.72. The number of aryl methyl sites for hydroxylation is 1. The third-order valence-electron chi connectivity index (χ3n) is 4.33. The predicted molar refractivity (Wildman–Crippen MR) is 114 cm³/mol. The summed E-state index contributed by atoms with van der Waals surface area (Å²) < 4.78 is 6.17. The van der Waals surface area contributed by atoms with Crippen LogP contribution >= 0.6 is 23.1 Å². The molecule has 146 valence electrons. The highest BCUT2D eigenvalue weighted by molar-refractivity contribution is 7.13. The Bertz CT molecular complexity index is 1250. The average Bonchev–Trinajstić information content (AvgIpc) is 3.16. The molecule has 0 atom stereocenters. The van der Waals surface area contributed by atoms with Gasteiger partial charge in [0, 0.05) is 12.6 Å². The first-order chi connectivity index (χ1) is 14.1. The molecule has 0 radical (unpaired) electrons. The summed E-state index contributed by atoms with van der Waals surface area (Å²) in [6, 6.07) is 12.4. The summed E-state index contributed by atoms with van der Waals surface area (Å²) in [6.45, 7) is 1.73. The number of pyridine rings is 1. The second-order valence-electron chi connectivity index (χ2n) is 6.22. The zero-order valence-corrected chi connectivity index (χ0v) is 17.0. The van der Waals surface area contributed by atoms with Crippen molar-refractivity contribution in [3.63, 3.8) is 0 Å². The van der Waals surface area contributed by atoms with Crippen molar-refractivity contribution in [2.24, 2.45) is 0 Å². The van der Waals surface area contributed by atoms with E-state index in [0.717, 1.165) is 11.5 Å². The largest absolute Gasteiger partial charge is 0.323 e. The third-order valence-corrected chi connectivity index (χ3v) is 5.49. The van der Waals surface area contributed by atoms with Gasteiger partial charge in [-0.2, -0.15) is 4.37 Å². The lowest BCUT2D eigenvalue weighted by Gasteiger charge is -2.12. The number of amides is 1. The predicted octanol–water partition coefficient (Wildman–Crippen LogP) is 3.77. The van der Waals surface area contributed by atoms with Crippen molar-refractivity contribution in [1.82, 2.24) is 18.9 Å². The van der Waals surface area contributed by atoms with Gasteiger partial charge in [-0.25, -0.2) is 4.98 Å². The molecule has 4 aromatic rings. The molecule has 29 heavy (non-hydrogen) atoms. The number of nitrogens with zero attached hydrogens (tertiary/aromatic N) is 4. The van der Waals surface area contributed by atoms with Crippen LogP contribution in [-0.2, 0) is 17.8 Å². The Kier molecular flexibility index (Phi) is 5.37. The first-order valence-corrected chi connectivity index (χ1v) is 10.1. The number of carbonyl (C=O) groups is 1. The van der Waals surface area contributed by atoms with Crippen LogP contribution in [0.4, 0.5) is 5.69 Å². The van der Waals surface area contributed by atoms with Crippen molar-refractivity contribution < 1.29 is 4.79 Å². The summed E-state index contributed by atoms with van der Waals surface area (Å²) in [4.78, 5) is 34.5. The summed E-state index contributed by atoms with van der Waals surface area (Å²) in [6.07, 6.45) is 2.16. The number of rotatable bonds is 5. The van der Waals surface area contributed by atoms with Crippen LogP contribution in [0.5, 0.6) is 0 Å². The van der Waals surface area contributed by atoms with Crippen LogP contribution < -0.4 is 10.9 Å². The van der Waals surface area contributed by atoms with Gasteiger partial charge in [-0.15, -0.1) is 0 Å². The fraction of sp³-hybridized carbons (Fsp3) is 0.150. The molecule has 0 saturated carbocycles. The maximum absolute atomic E-state index is 13.1. The van der Waals surface area contributed by atoms with Crippen molar-refractivity contribution in [3.8, 4) is 11.4 Å². The van der Waals surface area contributed by atoms with Gasteiger partial charge in [-0.05, 0) is 35.8 Å². The number of anilines is 1. The fourth-order valence-corrected chi connectivity index (χ4v) is 3.92. The molecule has 0 aliphatic heterocycles. The first kappa shape index (κ1) is 19.2. The van der Waals surface area contributed by atoms with Gasteiger partial charge in [0.05, 0.1) is 16.4 Å². The monoisotopic (exact) mass is 425 g/mol. The van der Waals surface area contributed by atoms with Crippen molar-refractivity contribution in [2.45, 2.75) is 19.9 Å². The minimum atomic E-state index is -0.356. The molecular formula is C20H16ClN5O2S. The Morgan fingerprint density at radius 2 is 2.00 bits per heavy atom. The fourth-order valence-electron chi connectivity index (χ4n) is 2.96. The smallest absolute Gasteiger partial charge is 0.273 e. The van der Waals surface area contributed by atoms with Crippen LogP contribution in [-0.4, -0.2) is 24.8 Å².